The van der Waals surface area contributed by atoms with Crippen molar-refractivity contribution in [3.8, 4) is 0 Å². The molecule has 2 aromatic rings. The number of aromatic nitrogens is 3. The maximum Gasteiger partial charge on any atom is 0.419 e. The molecule has 12 heteroatoms. The highest BCUT2D eigenvalue weighted by atomic mass is 19.4. The topological polar surface area (TPSA) is 105 Å². The van der Waals surface area contributed by atoms with E-state index in [1.807, 2.05) is 20.8 Å². The van der Waals surface area contributed by atoms with Gasteiger partial charge in [0.15, 0.2) is 0 Å². The molecule has 3 rings (SSSR count). The van der Waals surface area contributed by atoms with Gasteiger partial charge >= 0.3 is 12.3 Å². The van der Waals surface area contributed by atoms with Gasteiger partial charge in [-0.15, -0.1) is 0 Å². The zero-order chi connectivity index (χ0) is 23.7. The van der Waals surface area contributed by atoms with E-state index in [-0.39, 0.29) is 31.7 Å². The number of alkyl halides is 3. The first-order valence-electron chi connectivity index (χ1n) is 10.1. The number of rotatable bonds is 6. The van der Waals surface area contributed by atoms with Gasteiger partial charge in [0, 0.05) is 30.9 Å². The van der Waals surface area contributed by atoms with Crippen molar-refractivity contribution < 1.29 is 32.2 Å². The Labute approximate surface area is 183 Å². The van der Waals surface area contributed by atoms with Crippen LogP contribution in [0.15, 0.2) is 16.8 Å². The average Bonchev–Trinajstić information content (AvgIpc) is 3.07. The number of fused-ring (bicyclic) bond motifs is 1. The highest BCUT2D eigenvalue weighted by Crippen LogP contribution is 2.29. The molecule has 0 fully saturated rings. The predicted octanol–water partition coefficient (Wildman–Crippen LogP) is 3.73. The Balaban J connectivity index is 1.58. The Morgan fingerprint density at radius 1 is 1.31 bits per heavy atom. The van der Waals surface area contributed by atoms with Crippen molar-refractivity contribution in [2.24, 2.45) is 0 Å². The molecule has 32 heavy (non-hydrogen) atoms. The van der Waals surface area contributed by atoms with Crippen LogP contribution in [-0.2, 0) is 30.5 Å². The minimum atomic E-state index is -4.49. The SMILES string of the molecule is CC(COCc1nc2c(o1)CN(c1ncc(C(F)(F)F)cn1)CC2)N(C(=O)O)C(C)(C)C. The highest BCUT2D eigenvalue weighted by molar-refractivity contribution is 5.66. The summed E-state index contributed by atoms with van der Waals surface area (Å²) >= 11 is 0. The van der Waals surface area contributed by atoms with Crippen LogP contribution < -0.4 is 4.90 Å². The van der Waals surface area contributed by atoms with Crippen molar-refractivity contribution in [2.75, 3.05) is 18.1 Å². The summed E-state index contributed by atoms with van der Waals surface area (Å²) in [5.74, 6) is 1.12. The first kappa shape index (κ1) is 23.8. The fourth-order valence-electron chi connectivity index (χ4n) is 3.64. The van der Waals surface area contributed by atoms with Crippen LogP contribution in [-0.4, -0.2) is 55.8 Å². The highest BCUT2D eigenvalue weighted by Gasteiger charge is 2.33. The van der Waals surface area contributed by atoms with E-state index in [1.54, 1.807) is 11.8 Å². The molecule has 1 atom stereocenters. The van der Waals surface area contributed by atoms with Gasteiger partial charge in [-0.25, -0.2) is 19.7 Å². The van der Waals surface area contributed by atoms with Gasteiger partial charge < -0.3 is 19.2 Å². The number of nitrogens with zero attached hydrogens (tertiary/aromatic N) is 5. The summed E-state index contributed by atoms with van der Waals surface area (Å²) in [7, 11) is 0. The van der Waals surface area contributed by atoms with E-state index in [2.05, 4.69) is 15.0 Å². The summed E-state index contributed by atoms with van der Waals surface area (Å²) in [5, 5.41) is 9.45. The predicted molar refractivity (Wildman–Crippen MR) is 107 cm³/mol. The Kier molecular flexibility index (Phi) is 6.63. The van der Waals surface area contributed by atoms with Gasteiger partial charge in [0.1, 0.15) is 12.4 Å². The van der Waals surface area contributed by atoms with Gasteiger partial charge in [-0.3, -0.25) is 4.90 Å². The monoisotopic (exact) mass is 457 g/mol. The molecule has 0 aromatic carbocycles. The number of ether oxygens (including phenoxy) is 1. The maximum atomic E-state index is 12.7. The molecule has 1 unspecified atom stereocenters. The van der Waals surface area contributed by atoms with Gasteiger partial charge in [-0.1, -0.05) is 0 Å². The Hall–Kier alpha value is -2.89. The van der Waals surface area contributed by atoms with Crippen molar-refractivity contribution in [3.63, 3.8) is 0 Å². The lowest BCUT2D eigenvalue weighted by Gasteiger charge is -2.37. The van der Waals surface area contributed by atoms with Crippen LogP contribution in [0.3, 0.4) is 0 Å². The van der Waals surface area contributed by atoms with Gasteiger partial charge in [0.25, 0.3) is 0 Å². The Morgan fingerprint density at radius 2 is 1.97 bits per heavy atom. The molecular weight excluding hydrogens is 431 g/mol. The Bertz CT molecular complexity index is 940. The lowest BCUT2D eigenvalue weighted by atomic mass is 10.0. The van der Waals surface area contributed by atoms with Gasteiger partial charge in [-0.05, 0) is 27.7 Å². The minimum Gasteiger partial charge on any atom is -0.465 e. The van der Waals surface area contributed by atoms with Crippen molar-refractivity contribution >= 4 is 12.0 Å². The average molecular weight is 457 g/mol. The molecule has 2 aromatic heterocycles. The molecule has 1 aliphatic rings. The molecule has 0 saturated heterocycles. The smallest absolute Gasteiger partial charge is 0.419 e. The third-order valence-corrected chi connectivity index (χ3v) is 4.98. The summed E-state index contributed by atoms with van der Waals surface area (Å²) in [6.07, 6.45) is -3.46. The first-order chi connectivity index (χ1) is 14.9. The fourth-order valence-corrected chi connectivity index (χ4v) is 3.64. The van der Waals surface area contributed by atoms with Gasteiger partial charge in [0.05, 0.1) is 30.5 Å². The molecule has 0 aliphatic carbocycles. The molecular formula is C20H26F3N5O4. The van der Waals surface area contributed by atoms with Crippen LogP contribution in [0.2, 0.25) is 0 Å². The number of amides is 1. The van der Waals surface area contributed by atoms with Crippen LogP contribution in [0.4, 0.5) is 23.9 Å². The molecule has 0 radical (unpaired) electrons. The molecule has 0 spiro atoms. The summed E-state index contributed by atoms with van der Waals surface area (Å²) in [6.45, 7) is 8.21. The second-order valence-corrected chi connectivity index (χ2v) is 8.61. The summed E-state index contributed by atoms with van der Waals surface area (Å²) in [6, 6.07) is -0.371. The summed E-state index contributed by atoms with van der Waals surface area (Å²) < 4.78 is 49.5. The van der Waals surface area contributed by atoms with Crippen LogP contribution in [0.1, 0.15) is 50.6 Å². The van der Waals surface area contributed by atoms with E-state index in [0.29, 0.717) is 24.6 Å². The number of hydrogen-bond donors (Lipinski definition) is 1. The third-order valence-electron chi connectivity index (χ3n) is 4.98. The standard InChI is InChI=1S/C20H26F3N5O4/c1-12(28(18(29)30)19(2,3)4)10-31-11-16-26-14-5-6-27(9-15(14)32-16)17-24-7-13(8-25-17)20(21,22)23/h7-8,12H,5-6,9-11H2,1-4H3,(H,29,30). The van der Waals surface area contributed by atoms with E-state index in [0.717, 1.165) is 18.1 Å². The van der Waals surface area contributed by atoms with Crippen LogP contribution >= 0.6 is 0 Å². The maximum absolute atomic E-state index is 12.7. The molecule has 3 heterocycles. The van der Waals surface area contributed by atoms with Crippen LogP contribution in [0.5, 0.6) is 0 Å². The van der Waals surface area contributed by atoms with Crippen molar-refractivity contribution in [2.45, 2.75) is 65.0 Å². The lowest BCUT2D eigenvalue weighted by molar-refractivity contribution is -0.138. The second-order valence-electron chi connectivity index (χ2n) is 8.61. The van der Waals surface area contributed by atoms with Gasteiger partial charge in [-0.2, -0.15) is 13.2 Å². The molecule has 0 saturated carbocycles. The fraction of sp³-hybridized carbons (Fsp3) is 0.600. The Morgan fingerprint density at radius 3 is 2.53 bits per heavy atom. The minimum absolute atomic E-state index is 0.0751. The first-order valence-corrected chi connectivity index (χ1v) is 10.1. The van der Waals surface area contributed by atoms with Crippen molar-refractivity contribution in [1.29, 1.82) is 0 Å². The van der Waals surface area contributed by atoms with Crippen LogP contribution in [0, 0.1) is 0 Å². The number of anilines is 1. The number of halogens is 3. The van der Waals surface area contributed by atoms with E-state index in [1.165, 1.54) is 4.90 Å². The number of carbonyl (C=O) groups is 1. The molecule has 0 bridgehead atoms. The molecule has 1 aliphatic heterocycles. The summed E-state index contributed by atoms with van der Waals surface area (Å²) in [4.78, 5) is 26.6. The van der Waals surface area contributed by atoms with E-state index in [4.69, 9.17) is 9.15 Å². The third kappa shape index (κ3) is 5.47. The van der Waals surface area contributed by atoms with Crippen molar-refractivity contribution in [1.82, 2.24) is 19.9 Å². The number of hydrogen-bond acceptors (Lipinski definition) is 7. The zero-order valence-electron chi connectivity index (χ0n) is 18.3. The quantitative estimate of drug-likeness (QED) is 0.700. The van der Waals surface area contributed by atoms with E-state index in [9.17, 15) is 23.1 Å². The summed E-state index contributed by atoms with van der Waals surface area (Å²) in [5.41, 5.74) is -0.720. The largest absolute Gasteiger partial charge is 0.465 e. The van der Waals surface area contributed by atoms with Gasteiger partial charge in [0.2, 0.25) is 11.8 Å². The zero-order valence-corrected chi connectivity index (χ0v) is 18.3. The second kappa shape index (κ2) is 8.93. The normalized spacial score (nSPS) is 15.4. The van der Waals surface area contributed by atoms with Crippen molar-refractivity contribution in [3.05, 3.63) is 35.3 Å². The molecule has 1 amide bonds. The lowest BCUT2D eigenvalue weighted by Crippen LogP contribution is -2.51. The number of oxazole rings is 1. The van der Waals surface area contributed by atoms with E-state index >= 15 is 0 Å². The van der Waals surface area contributed by atoms with Crippen LogP contribution in [0.25, 0.3) is 0 Å². The molecule has 1 N–H and O–H groups in total. The number of carboxylic acid groups (broad SMARTS) is 1. The molecule has 176 valence electrons. The van der Waals surface area contributed by atoms with E-state index < -0.39 is 23.4 Å². The molecule has 9 nitrogen and oxygen atoms in total.